The highest BCUT2D eigenvalue weighted by atomic mass is 16.2. The molecule has 0 saturated carbocycles. The molecular weight excluding hydrogens is 148 g/mol. The third-order valence-electron chi connectivity index (χ3n) is 1.84. The second-order valence-corrected chi connectivity index (χ2v) is 2.57. The smallest absolute Gasteiger partial charge is 0.320 e. The molecule has 2 unspecified atom stereocenters. The van der Waals surface area contributed by atoms with Gasteiger partial charge < -0.3 is 5.32 Å². The summed E-state index contributed by atoms with van der Waals surface area (Å²) in [7, 11) is 0. The van der Waals surface area contributed by atoms with Crippen molar-refractivity contribution < 1.29 is 9.59 Å². The van der Waals surface area contributed by atoms with Crippen LogP contribution >= 0.6 is 0 Å². The lowest BCUT2D eigenvalue weighted by Crippen LogP contribution is -2.60. The summed E-state index contributed by atoms with van der Waals surface area (Å²) in [5, 5.41) is 4.75. The monoisotopic (exact) mass is 156 g/mol. The average molecular weight is 156 g/mol. The predicted molar refractivity (Wildman–Crippen MR) is 35.1 cm³/mol. The fourth-order valence-electron chi connectivity index (χ4n) is 1.26. The minimum absolute atomic E-state index is 0.187. The van der Waals surface area contributed by atoms with E-state index in [1.807, 2.05) is 0 Å². The van der Waals surface area contributed by atoms with Crippen LogP contribution in [0.5, 0.6) is 0 Å². The van der Waals surface area contributed by atoms with Crippen molar-refractivity contribution >= 4 is 11.9 Å². The van der Waals surface area contributed by atoms with Crippen LogP contribution < -0.4 is 21.5 Å². The molecule has 0 aromatic heterocycles. The van der Waals surface area contributed by atoms with E-state index in [-0.39, 0.29) is 18.0 Å². The molecule has 0 bridgehead atoms. The number of amides is 3. The van der Waals surface area contributed by atoms with E-state index in [2.05, 4.69) is 21.5 Å². The summed E-state index contributed by atoms with van der Waals surface area (Å²) >= 11 is 0. The van der Waals surface area contributed by atoms with E-state index in [0.29, 0.717) is 6.54 Å². The summed E-state index contributed by atoms with van der Waals surface area (Å²) in [6.45, 7) is 0.552. The van der Waals surface area contributed by atoms with Gasteiger partial charge in [-0.25, -0.2) is 10.2 Å². The fourth-order valence-corrected chi connectivity index (χ4v) is 1.26. The van der Waals surface area contributed by atoms with Crippen molar-refractivity contribution in [3.05, 3.63) is 0 Å². The van der Waals surface area contributed by atoms with Gasteiger partial charge in [-0.1, -0.05) is 0 Å². The SMILES string of the molecule is O=C1NC(=O)C2CNNC2N1. The van der Waals surface area contributed by atoms with E-state index in [0.717, 1.165) is 0 Å². The van der Waals surface area contributed by atoms with Gasteiger partial charge in [-0.15, -0.1) is 0 Å². The summed E-state index contributed by atoms with van der Waals surface area (Å²) in [5.41, 5.74) is 5.57. The number of hydrazine groups is 1. The molecule has 2 rings (SSSR count). The molecule has 6 nitrogen and oxygen atoms in total. The van der Waals surface area contributed by atoms with Crippen molar-refractivity contribution in [3.8, 4) is 0 Å². The van der Waals surface area contributed by atoms with E-state index in [1.54, 1.807) is 0 Å². The standard InChI is InChI=1S/C5H8N4O2/c10-4-2-1-6-9-3(2)7-5(11)8-4/h2-3,6,9H,1H2,(H2,7,8,10,11). The van der Waals surface area contributed by atoms with Crippen molar-refractivity contribution in [2.45, 2.75) is 6.17 Å². The number of carbonyl (C=O) groups excluding carboxylic acids is 2. The van der Waals surface area contributed by atoms with Crippen molar-refractivity contribution in [1.29, 1.82) is 0 Å². The molecule has 60 valence electrons. The maximum Gasteiger partial charge on any atom is 0.322 e. The summed E-state index contributed by atoms with van der Waals surface area (Å²) in [6, 6.07) is -0.438. The zero-order valence-corrected chi connectivity index (χ0v) is 5.68. The minimum Gasteiger partial charge on any atom is -0.320 e. The maximum atomic E-state index is 11.0. The number of imide groups is 1. The Bertz CT molecular complexity index is 217. The third-order valence-corrected chi connectivity index (χ3v) is 1.84. The van der Waals surface area contributed by atoms with Crippen LogP contribution in [-0.4, -0.2) is 24.6 Å². The Labute approximate surface area is 62.7 Å². The molecule has 0 aliphatic carbocycles. The van der Waals surface area contributed by atoms with Crippen LogP contribution in [0.25, 0.3) is 0 Å². The van der Waals surface area contributed by atoms with Crippen LogP contribution in [0, 0.1) is 5.92 Å². The van der Waals surface area contributed by atoms with E-state index in [4.69, 9.17) is 0 Å². The third kappa shape index (κ3) is 0.958. The van der Waals surface area contributed by atoms with Gasteiger partial charge in [-0.2, -0.15) is 0 Å². The van der Waals surface area contributed by atoms with Gasteiger partial charge in [0.25, 0.3) is 0 Å². The second kappa shape index (κ2) is 2.18. The van der Waals surface area contributed by atoms with E-state index in [1.165, 1.54) is 0 Å². The molecule has 2 aliphatic rings. The van der Waals surface area contributed by atoms with E-state index < -0.39 is 6.03 Å². The average Bonchev–Trinajstić information content (AvgIpc) is 2.34. The fraction of sp³-hybridized carbons (Fsp3) is 0.600. The van der Waals surface area contributed by atoms with Crippen molar-refractivity contribution in [2.75, 3.05) is 6.54 Å². The Hall–Kier alpha value is -1.14. The van der Waals surface area contributed by atoms with Crippen LogP contribution in [0.2, 0.25) is 0 Å². The first-order valence-corrected chi connectivity index (χ1v) is 3.37. The molecule has 0 radical (unpaired) electrons. The number of fused-ring (bicyclic) bond motifs is 1. The Morgan fingerprint density at radius 2 is 2.18 bits per heavy atom. The second-order valence-electron chi connectivity index (χ2n) is 2.57. The molecule has 3 amide bonds. The highest BCUT2D eigenvalue weighted by Gasteiger charge is 2.38. The van der Waals surface area contributed by atoms with Crippen LogP contribution in [0.15, 0.2) is 0 Å². The van der Waals surface area contributed by atoms with E-state index >= 15 is 0 Å². The normalized spacial score (nSPS) is 36.0. The number of hydrogen-bond acceptors (Lipinski definition) is 4. The summed E-state index contributed by atoms with van der Waals surface area (Å²) < 4.78 is 0. The lowest BCUT2D eigenvalue weighted by molar-refractivity contribution is -0.124. The molecule has 2 heterocycles. The van der Waals surface area contributed by atoms with Crippen LogP contribution in [0.3, 0.4) is 0 Å². The van der Waals surface area contributed by atoms with Gasteiger partial charge in [-0.3, -0.25) is 15.5 Å². The topological polar surface area (TPSA) is 82.3 Å². The number of urea groups is 1. The molecule has 0 spiro atoms. The van der Waals surface area contributed by atoms with Gasteiger partial charge in [0.15, 0.2) is 0 Å². The zero-order chi connectivity index (χ0) is 7.84. The van der Waals surface area contributed by atoms with Crippen molar-refractivity contribution in [1.82, 2.24) is 21.5 Å². The van der Waals surface area contributed by atoms with Crippen LogP contribution in [0.4, 0.5) is 4.79 Å². The number of carbonyl (C=O) groups is 2. The molecule has 0 aromatic carbocycles. The Morgan fingerprint density at radius 3 is 3.00 bits per heavy atom. The van der Waals surface area contributed by atoms with Crippen molar-refractivity contribution in [3.63, 3.8) is 0 Å². The van der Waals surface area contributed by atoms with Crippen LogP contribution in [0.1, 0.15) is 0 Å². The predicted octanol–water partition coefficient (Wildman–Crippen LogP) is -2.12. The van der Waals surface area contributed by atoms with Gasteiger partial charge >= 0.3 is 6.03 Å². The molecule has 2 saturated heterocycles. The molecule has 0 aromatic rings. The Kier molecular flexibility index (Phi) is 1.30. The molecule has 2 fully saturated rings. The lowest BCUT2D eigenvalue weighted by atomic mass is 10.1. The molecule has 4 N–H and O–H groups in total. The molecule has 11 heavy (non-hydrogen) atoms. The zero-order valence-electron chi connectivity index (χ0n) is 5.68. The number of rotatable bonds is 0. The van der Waals surface area contributed by atoms with Crippen LogP contribution in [-0.2, 0) is 4.79 Å². The quantitative estimate of drug-likeness (QED) is 0.323. The van der Waals surface area contributed by atoms with Crippen molar-refractivity contribution in [2.24, 2.45) is 5.92 Å². The highest BCUT2D eigenvalue weighted by Crippen LogP contribution is 2.08. The summed E-state index contributed by atoms with van der Waals surface area (Å²) in [6.07, 6.45) is -0.253. The summed E-state index contributed by atoms with van der Waals surface area (Å²) in [5.74, 6) is -0.413. The van der Waals surface area contributed by atoms with Gasteiger partial charge in [0.05, 0.1) is 5.92 Å². The Balaban J connectivity index is 2.16. The number of hydrogen-bond donors (Lipinski definition) is 4. The van der Waals surface area contributed by atoms with E-state index in [9.17, 15) is 9.59 Å². The summed E-state index contributed by atoms with van der Waals surface area (Å²) in [4.78, 5) is 21.7. The minimum atomic E-state index is -0.438. The first kappa shape index (κ1) is 6.56. The van der Waals surface area contributed by atoms with Gasteiger partial charge in [0, 0.05) is 6.54 Å². The molecule has 6 heteroatoms. The highest BCUT2D eigenvalue weighted by molar-refractivity contribution is 5.98. The largest absolute Gasteiger partial charge is 0.322 e. The lowest BCUT2D eigenvalue weighted by Gasteiger charge is -2.23. The van der Waals surface area contributed by atoms with Gasteiger partial charge in [0.1, 0.15) is 6.17 Å². The molecule has 2 aliphatic heterocycles. The molecule has 2 atom stereocenters. The Morgan fingerprint density at radius 1 is 1.36 bits per heavy atom. The number of nitrogens with one attached hydrogen (secondary N) is 4. The first-order chi connectivity index (χ1) is 5.27. The van der Waals surface area contributed by atoms with Gasteiger partial charge in [0.2, 0.25) is 5.91 Å². The van der Waals surface area contributed by atoms with Gasteiger partial charge in [-0.05, 0) is 0 Å². The maximum absolute atomic E-state index is 11.0. The first-order valence-electron chi connectivity index (χ1n) is 3.37. The molecular formula is C5H8N4O2.